The molecule has 3 rings (SSSR count). The van der Waals surface area contributed by atoms with E-state index in [-0.39, 0.29) is 18.0 Å². The molecule has 0 unspecified atom stereocenters. The molecule has 0 atom stereocenters. The number of rotatable bonds is 9. The van der Waals surface area contributed by atoms with Crippen molar-refractivity contribution in [1.29, 1.82) is 0 Å². The fraction of sp³-hybridized carbons (Fsp3) is 0.524. The van der Waals surface area contributed by atoms with Crippen LogP contribution < -0.4 is 20.1 Å². The van der Waals surface area contributed by atoms with E-state index < -0.39 is 6.61 Å². The molecule has 164 valence electrons. The van der Waals surface area contributed by atoms with Crippen LogP contribution in [-0.2, 0) is 13.1 Å². The van der Waals surface area contributed by atoms with Crippen molar-refractivity contribution in [1.82, 2.24) is 20.4 Å². The topological polar surface area (TPSA) is 72.7 Å². The summed E-state index contributed by atoms with van der Waals surface area (Å²) in [5.41, 5.74) is 1.47. The minimum Gasteiger partial charge on any atom is -0.490 e. The number of benzene rings is 1. The first-order valence-corrected chi connectivity index (χ1v) is 10.3. The smallest absolute Gasteiger partial charge is 0.387 e. The SMILES string of the molecule is CCOc1cccc(CNC(=NC)NCc2ccn(C3CCCC3)n2)c1OC(F)F. The lowest BCUT2D eigenvalue weighted by Gasteiger charge is -2.17. The number of hydrogen-bond donors (Lipinski definition) is 2. The predicted molar refractivity (Wildman–Crippen MR) is 111 cm³/mol. The molecule has 0 saturated heterocycles. The van der Waals surface area contributed by atoms with E-state index in [0.29, 0.717) is 30.7 Å². The largest absolute Gasteiger partial charge is 0.490 e. The molecule has 2 aromatic rings. The van der Waals surface area contributed by atoms with Crippen LogP contribution in [0.2, 0.25) is 0 Å². The summed E-state index contributed by atoms with van der Waals surface area (Å²) in [5.74, 6) is 0.861. The molecular weight excluding hydrogens is 392 g/mol. The molecular formula is C21H29F2N5O2. The van der Waals surface area contributed by atoms with Crippen molar-refractivity contribution >= 4 is 5.96 Å². The van der Waals surface area contributed by atoms with E-state index in [1.54, 1.807) is 32.2 Å². The van der Waals surface area contributed by atoms with Gasteiger partial charge in [-0.2, -0.15) is 13.9 Å². The quantitative estimate of drug-likeness (QED) is 0.475. The van der Waals surface area contributed by atoms with Gasteiger partial charge in [0.2, 0.25) is 0 Å². The highest BCUT2D eigenvalue weighted by atomic mass is 19.3. The first-order valence-electron chi connectivity index (χ1n) is 10.3. The Bertz CT molecular complexity index is 835. The van der Waals surface area contributed by atoms with Crippen molar-refractivity contribution in [2.45, 2.75) is 58.3 Å². The van der Waals surface area contributed by atoms with Crippen LogP contribution in [-0.4, -0.2) is 36.0 Å². The number of halogens is 2. The van der Waals surface area contributed by atoms with Crippen molar-refractivity contribution in [3.8, 4) is 11.5 Å². The van der Waals surface area contributed by atoms with Gasteiger partial charge in [-0.15, -0.1) is 0 Å². The molecule has 1 heterocycles. The van der Waals surface area contributed by atoms with Gasteiger partial charge in [0.1, 0.15) is 0 Å². The number of hydrogen-bond acceptors (Lipinski definition) is 4. The molecule has 0 aliphatic heterocycles. The van der Waals surface area contributed by atoms with E-state index in [4.69, 9.17) is 9.47 Å². The van der Waals surface area contributed by atoms with Crippen LogP contribution >= 0.6 is 0 Å². The second kappa shape index (κ2) is 10.8. The van der Waals surface area contributed by atoms with Crippen LogP contribution in [0.25, 0.3) is 0 Å². The zero-order valence-corrected chi connectivity index (χ0v) is 17.4. The van der Waals surface area contributed by atoms with Crippen molar-refractivity contribution in [2.75, 3.05) is 13.7 Å². The summed E-state index contributed by atoms with van der Waals surface area (Å²) in [6.07, 6.45) is 6.91. The molecule has 2 N–H and O–H groups in total. The van der Waals surface area contributed by atoms with Gasteiger partial charge < -0.3 is 20.1 Å². The summed E-state index contributed by atoms with van der Waals surface area (Å²) in [7, 11) is 1.65. The van der Waals surface area contributed by atoms with Crippen molar-refractivity contribution < 1.29 is 18.3 Å². The summed E-state index contributed by atoms with van der Waals surface area (Å²) in [6, 6.07) is 7.56. The van der Waals surface area contributed by atoms with Crippen LogP contribution in [0.3, 0.4) is 0 Å². The standard InChI is InChI=1S/C21H29F2N5O2/c1-3-29-18-10-6-7-15(19(18)30-20(22)23)13-25-21(24-2)26-14-16-11-12-28(27-16)17-8-4-5-9-17/h6-7,10-12,17,20H,3-5,8-9,13-14H2,1-2H3,(H2,24,25,26). The van der Waals surface area contributed by atoms with E-state index in [0.717, 1.165) is 5.69 Å². The van der Waals surface area contributed by atoms with Gasteiger partial charge in [0.05, 0.1) is 24.9 Å². The summed E-state index contributed by atoms with van der Waals surface area (Å²) in [4.78, 5) is 4.19. The number of aromatic nitrogens is 2. The van der Waals surface area contributed by atoms with Gasteiger partial charge in [-0.25, -0.2) is 0 Å². The lowest BCUT2D eigenvalue weighted by Crippen LogP contribution is -2.36. The van der Waals surface area contributed by atoms with E-state index in [9.17, 15) is 8.78 Å². The average molecular weight is 421 g/mol. The minimum absolute atomic E-state index is 0.0348. The lowest BCUT2D eigenvalue weighted by molar-refractivity contribution is -0.0520. The molecule has 0 spiro atoms. The number of ether oxygens (including phenoxy) is 2. The first-order chi connectivity index (χ1) is 14.6. The van der Waals surface area contributed by atoms with Gasteiger partial charge in [-0.1, -0.05) is 25.0 Å². The molecule has 1 saturated carbocycles. The number of guanidine groups is 1. The van der Waals surface area contributed by atoms with Gasteiger partial charge >= 0.3 is 6.61 Å². The maximum absolute atomic E-state index is 12.9. The molecule has 1 aromatic carbocycles. The number of para-hydroxylation sites is 1. The van der Waals surface area contributed by atoms with E-state index >= 15 is 0 Å². The molecule has 1 fully saturated rings. The minimum atomic E-state index is -2.93. The average Bonchev–Trinajstić information content (AvgIpc) is 3.41. The Morgan fingerprint density at radius 1 is 1.23 bits per heavy atom. The molecule has 0 radical (unpaired) electrons. The molecule has 30 heavy (non-hydrogen) atoms. The highest BCUT2D eigenvalue weighted by Gasteiger charge is 2.18. The van der Waals surface area contributed by atoms with Gasteiger partial charge in [0.15, 0.2) is 17.5 Å². The number of nitrogens with zero attached hydrogens (tertiary/aromatic N) is 3. The molecule has 1 aliphatic carbocycles. The van der Waals surface area contributed by atoms with E-state index in [1.807, 2.05) is 16.9 Å². The van der Waals surface area contributed by atoms with Crippen LogP contribution in [0.1, 0.15) is 49.9 Å². The highest BCUT2D eigenvalue weighted by molar-refractivity contribution is 5.79. The molecule has 1 aromatic heterocycles. The van der Waals surface area contributed by atoms with Crippen molar-refractivity contribution in [3.05, 3.63) is 41.7 Å². The Hall–Kier alpha value is -2.84. The third-order valence-corrected chi connectivity index (χ3v) is 5.04. The van der Waals surface area contributed by atoms with E-state index in [1.165, 1.54) is 25.7 Å². The first kappa shape index (κ1) is 21.9. The van der Waals surface area contributed by atoms with Gasteiger partial charge in [0, 0.05) is 25.4 Å². The van der Waals surface area contributed by atoms with Crippen LogP contribution in [0.4, 0.5) is 8.78 Å². The fourth-order valence-corrected chi connectivity index (χ4v) is 3.61. The molecule has 7 nitrogen and oxygen atoms in total. The third kappa shape index (κ3) is 5.84. The van der Waals surface area contributed by atoms with E-state index in [2.05, 4.69) is 20.7 Å². The summed E-state index contributed by atoms with van der Waals surface area (Å²) < 4.78 is 37.9. The zero-order valence-electron chi connectivity index (χ0n) is 17.4. The number of alkyl halides is 2. The summed E-state index contributed by atoms with van der Waals surface area (Å²) >= 11 is 0. The van der Waals surface area contributed by atoms with Gasteiger partial charge in [-0.05, 0) is 31.9 Å². The number of nitrogens with one attached hydrogen (secondary N) is 2. The summed E-state index contributed by atoms with van der Waals surface area (Å²) in [5, 5.41) is 11.0. The normalized spacial score (nSPS) is 14.9. The number of aliphatic imine (C=N–C) groups is 1. The third-order valence-electron chi connectivity index (χ3n) is 5.04. The molecule has 1 aliphatic rings. The monoisotopic (exact) mass is 421 g/mol. The van der Waals surface area contributed by atoms with Crippen molar-refractivity contribution in [3.63, 3.8) is 0 Å². The van der Waals surface area contributed by atoms with Crippen LogP contribution in [0, 0.1) is 0 Å². The Morgan fingerprint density at radius 2 is 2.00 bits per heavy atom. The van der Waals surface area contributed by atoms with Gasteiger partial charge in [0.25, 0.3) is 0 Å². The highest BCUT2D eigenvalue weighted by Crippen LogP contribution is 2.32. The Morgan fingerprint density at radius 3 is 2.70 bits per heavy atom. The lowest BCUT2D eigenvalue weighted by atomic mass is 10.2. The maximum Gasteiger partial charge on any atom is 0.387 e. The second-order valence-corrected chi connectivity index (χ2v) is 7.06. The van der Waals surface area contributed by atoms with Crippen LogP contribution in [0.5, 0.6) is 11.5 Å². The molecule has 0 bridgehead atoms. The second-order valence-electron chi connectivity index (χ2n) is 7.06. The predicted octanol–water partition coefficient (Wildman–Crippen LogP) is 3.86. The molecule has 9 heteroatoms. The Labute approximate surface area is 175 Å². The van der Waals surface area contributed by atoms with Crippen LogP contribution in [0.15, 0.2) is 35.5 Å². The summed E-state index contributed by atoms with van der Waals surface area (Å²) in [6.45, 7) is -0.0278. The Kier molecular flexibility index (Phi) is 7.87. The Balaban J connectivity index is 1.58. The fourth-order valence-electron chi connectivity index (χ4n) is 3.61. The van der Waals surface area contributed by atoms with Gasteiger partial charge in [-0.3, -0.25) is 9.67 Å². The van der Waals surface area contributed by atoms with Crippen molar-refractivity contribution in [2.24, 2.45) is 4.99 Å². The zero-order chi connectivity index (χ0) is 21.3. The molecule has 0 amide bonds. The maximum atomic E-state index is 12.9.